The molecule has 2 aliphatic heterocycles. The minimum Gasteiger partial charge on any atom is -0.375 e. The van der Waals surface area contributed by atoms with Crippen LogP contribution >= 0.6 is 0 Å². The minimum atomic E-state index is -0.0270. The predicted molar refractivity (Wildman–Crippen MR) is 56.3 cm³/mol. The third-order valence-electron chi connectivity index (χ3n) is 5.42. The predicted octanol–water partition coefficient (Wildman–Crippen LogP) is 0.393. The lowest BCUT2D eigenvalue weighted by Gasteiger charge is -2.31. The first-order chi connectivity index (χ1) is 8.33. The molecule has 0 spiro atoms. The van der Waals surface area contributed by atoms with Crippen molar-refractivity contribution in [3.8, 4) is 0 Å². The molecule has 92 valence electrons. The van der Waals surface area contributed by atoms with Crippen molar-refractivity contribution in [2.45, 2.75) is 37.3 Å². The molecule has 0 amide bonds. The van der Waals surface area contributed by atoms with Gasteiger partial charge in [-0.05, 0) is 24.7 Å². The van der Waals surface area contributed by atoms with Gasteiger partial charge in [-0.25, -0.2) is 0 Å². The van der Waals surface area contributed by atoms with Crippen molar-refractivity contribution in [2.24, 2.45) is 23.7 Å². The molecule has 4 heteroatoms. The van der Waals surface area contributed by atoms with Gasteiger partial charge in [0.05, 0.1) is 25.4 Å². The lowest BCUT2D eigenvalue weighted by Crippen LogP contribution is -2.37. The van der Waals surface area contributed by atoms with Crippen LogP contribution in [0.4, 0.5) is 0 Å². The van der Waals surface area contributed by atoms with E-state index in [9.17, 15) is 4.79 Å². The van der Waals surface area contributed by atoms with Gasteiger partial charge in [-0.15, -0.1) is 0 Å². The Balaban J connectivity index is 1.35. The lowest BCUT2D eigenvalue weighted by atomic mass is 9.79. The number of fused-ring (bicyclic) bond motifs is 7. The molecule has 3 aliphatic carbocycles. The van der Waals surface area contributed by atoms with Crippen molar-refractivity contribution >= 4 is 5.78 Å². The summed E-state index contributed by atoms with van der Waals surface area (Å²) in [6, 6.07) is 0. The number of epoxide rings is 2. The number of ketones is 1. The number of Topliss-reactive ketones (excluding diaryl/α,β-unsaturated/α-hetero) is 1. The molecule has 2 bridgehead atoms. The van der Waals surface area contributed by atoms with E-state index >= 15 is 0 Å². The second kappa shape index (κ2) is 2.92. The van der Waals surface area contributed by atoms with Crippen molar-refractivity contribution in [2.75, 3.05) is 13.2 Å². The van der Waals surface area contributed by atoms with Crippen molar-refractivity contribution in [1.29, 1.82) is 0 Å². The maximum atomic E-state index is 12.1. The van der Waals surface area contributed by atoms with Gasteiger partial charge in [0.2, 0.25) is 0 Å². The Labute approximate surface area is 99.6 Å². The van der Waals surface area contributed by atoms with Crippen LogP contribution in [0, 0.1) is 23.7 Å². The smallest absolute Gasteiger partial charge is 0.168 e. The second-order valence-electron chi connectivity index (χ2n) is 6.25. The Morgan fingerprint density at radius 1 is 1.35 bits per heavy atom. The van der Waals surface area contributed by atoms with Crippen LogP contribution in [0.1, 0.15) is 12.8 Å². The summed E-state index contributed by atoms with van der Waals surface area (Å²) in [7, 11) is 0. The highest BCUT2D eigenvalue weighted by atomic mass is 16.6. The Kier molecular flexibility index (Phi) is 1.63. The molecule has 3 saturated carbocycles. The van der Waals surface area contributed by atoms with E-state index < -0.39 is 0 Å². The van der Waals surface area contributed by atoms with Gasteiger partial charge in [0.15, 0.2) is 5.78 Å². The molecule has 0 radical (unpaired) electrons. The fourth-order valence-electron chi connectivity index (χ4n) is 4.64. The summed E-state index contributed by atoms with van der Waals surface area (Å²) in [6.45, 7) is 1.58. The third kappa shape index (κ3) is 1.16. The quantitative estimate of drug-likeness (QED) is 0.665. The maximum absolute atomic E-state index is 12.1. The number of hydrogen-bond donors (Lipinski definition) is 0. The normalized spacial score (nSPS) is 61.5. The summed E-state index contributed by atoms with van der Waals surface area (Å²) in [6.07, 6.45) is 3.23. The van der Waals surface area contributed by atoms with Gasteiger partial charge in [-0.1, -0.05) is 0 Å². The SMILES string of the molecule is O=C1C2OC2C2C3CC(OCC4CO4)C(C3)C12. The van der Waals surface area contributed by atoms with Crippen LogP contribution in [0.3, 0.4) is 0 Å². The molecule has 0 aromatic heterocycles. The van der Waals surface area contributed by atoms with Crippen LogP contribution in [0.2, 0.25) is 0 Å². The zero-order chi connectivity index (χ0) is 11.1. The fraction of sp³-hybridized carbons (Fsp3) is 0.923. The van der Waals surface area contributed by atoms with Crippen molar-refractivity contribution in [3.63, 3.8) is 0 Å². The molecule has 5 aliphatic rings. The number of hydrogen-bond acceptors (Lipinski definition) is 4. The zero-order valence-electron chi connectivity index (χ0n) is 9.58. The summed E-state index contributed by atoms with van der Waals surface area (Å²) in [4.78, 5) is 12.1. The molecule has 8 unspecified atom stereocenters. The van der Waals surface area contributed by atoms with Crippen LogP contribution in [-0.4, -0.2) is 43.4 Å². The largest absolute Gasteiger partial charge is 0.375 e. The molecule has 17 heavy (non-hydrogen) atoms. The van der Waals surface area contributed by atoms with Crippen molar-refractivity contribution < 1.29 is 19.0 Å². The second-order valence-corrected chi connectivity index (χ2v) is 6.25. The van der Waals surface area contributed by atoms with E-state index in [0.29, 0.717) is 35.7 Å². The van der Waals surface area contributed by atoms with Crippen molar-refractivity contribution in [3.05, 3.63) is 0 Å². The first-order valence-electron chi connectivity index (χ1n) is 6.75. The number of rotatable bonds is 3. The van der Waals surface area contributed by atoms with Gasteiger partial charge in [-0.3, -0.25) is 4.79 Å². The first kappa shape index (κ1) is 9.48. The van der Waals surface area contributed by atoms with Crippen LogP contribution < -0.4 is 0 Å². The van der Waals surface area contributed by atoms with E-state index in [4.69, 9.17) is 14.2 Å². The van der Waals surface area contributed by atoms with Gasteiger partial charge in [0, 0.05) is 11.8 Å². The van der Waals surface area contributed by atoms with E-state index in [0.717, 1.165) is 19.6 Å². The Bertz CT molecular complexity index is 391. The maximum Gasteiger partial charge on any atom is 0.168 e. The Hall–Kier alpha value is -0.450. The van der Waals surface area contributed by atoms with Crippen LogP contribution in [0.5, 0.6) is 0 Å². The molecule has 0 N–H and O–H groups in total. The number of carbonyl (C=O) groups is 1. The van der Waals surface area contributed by atoms with Crippen LogP contribution in [0.25, 0.3) is 0 Å². The third-order valence-corrected chi connectivity index (χ3v) is 5.42. The summed E-state index contributed by atoms with van der Waals surface area (Å²) >= 11 is 0. The van der Waals surface area contributed by atoms with E-state index in [2.05, 4.69) is 0 Å². The molecule has 0 aromatic rings. The monoisotopic (exact) mass is 236 g/mol. The molecule has 5 rings (SSSR count). The van der Waals surface area contributed by atoms with Crippen LogP contribution in [0.15, 0.2) is 0 Å². The average Bonchev–Trinajstić information content (AvgIpc) is 3.22. The molecule has 0 aromatic carbocycles. The summed E-state index contributed by atoms with van der Waals surface area (Å²) in [5, 5.41) is 0. The highest BCUT2D eigenvalue weighted by Gasteiger charge is 2.71. The molecule has 2 saturated heterocycles. The molecular weight excluding hydrogens is 220 g/mol. The number of ether oxygens (including phenoxy) is 3. The van der Waals surface area contributed by atoms with E-state index in [1.165, 1.54) is 6.42 Å². The summed E-state index contributed by atoms with van der Waals surface area (Å²) < 4.78 is 16.6. The van der Waals surface area contributed by atoms with Gasteiger partial charge < -0.3 is 14.2 Å². The Morgan fingerprint density at radius 3 is 3.06 bits per heavy atom. The summed E-state index contributed by atoms with van der Waals surface area (Å²) in [5.41, 5.74) is 0. The van der Waals surface area contributed by atoms with Gasteiger partial charge in [-0.2, -0.15) is 0 Å². The molecule has 5 fully saturated rings. The van der Waals surface area contributed by atoms with Crippen LogP contribution in [-0.2, 0) is 19.0 Å². The van der Waals surface area contributed by atoms with Gasteiger partial charge >= 0.3 is 0 Å². The lowest BCUT2D eigenvalue weighted by molar-refractivity contribution is -0.130. The van der Waals surface area contributed by atoms with Gasteiger partial charge in [0.25, 0.3) is 0 Å². The van der Waals surface area contributed by atoms with E-state index in [-0.39, 0.29) is 18.1 Å². The highest BCUT2D eigenvalue weighted by molar-refractivity contribution is 5.92. The fourth-order valence-corrected chi connectivity index (χ4v) is 4.64. The van der Waals surface area contributed by atoms with E-state index in [1.54, 1.807) is 0 Å². The molecule has 2 heterocycles. The average molecular weight is 236 g/mol. The topological polar surface area (TPSA) is 51.4 Å². The molecular formula is C13H16O4. The van der Waals surface area contributed by atoms with Crippen molar-refractivity contribution in [1.82, 2.24) is 0 Å². The highest BCUT2D eigenvalue weighted by Crippen LogP contribution is 2.63. The van der Waals surface area contributed by atoms with E-state index in [1.807, 2.05) is 0 Å². The number of carbonyl (C=O) groups excluding carboxylic acids is 1. The molecule has 8 atom stereocenters. The first-order valence-corrected chi connectivity index (χ1v) is 6.75. The zero-order valence-corrected chi connectivity index (χ0v) is 9.58. The summed E-state index contributed by atoms with van der Waals surface area (Å²) in [5.74, 6) is 2.34. The Morgan fingerprint density at radius 2 is 2.24 bits per heavy atom. The standard InChI is InChI=1S/C13H16O4/c14-11-10-7-1-5(9(10)12-13(11)17-12)2-8(7)16-4-6-3-15-6/h5-10,12-13H,1-4H2. The minimum absolute atomic E-state index is 0.0270. The molecule has 4 nitrogen and oxygen atoms in total. The van der Waals surface area contributed by atoms with Gasteiger partial charge in [0.1, 0.15) is 12.2 Å².